The second kappa shape index (κ2) is 9.70. The van der Waals surface area contributed by atoms with Crippen LogP contribution in [0.4, 0.5) is 20.4 Å². The maximum Gasteiger partial charge on any atom is 0.215 e. The summed E-state index contributed by atoms with van der Waals surface area (Å²) in [5.74, 6) is 0.540. The largest absolute Gasteiger partial charge is 0.493 e. The molecule has 0 saturated carbocycles. The average molecular weight is 475 g/mol. The number of ether oxygens (including phenoxy) is 2. The lowest BCUT2D eigenvalue weighted by Gasteiger charge is -2.13. The molecule has 1 N–H and O–H groups in total. The summed E-state index contributed by atoms with van der Waals surface area (Å²) in [7, 11) is -0.876. The predicted molar refractivity (Wildman–Crippen MR) is 123 cm³/mol. The van der Waals surface area contributed by atoms with Crippen LogP contribution < -0.4 is 14.8 Å². The molecule has 1 atom stereocenters. The monoisotopic (exact) mass is 474 g/mol. The number of benzene rings is 1. The van der Waals surface area contributed by atoms with E-state index in [-0.39, 0.29) is 17.1 Å². The average Bonchev–Trinajstić information content (AvgIpc) is 2.77. The molecule has 1 aliphatic rings. The van der Waals surface area contributed by atoms with Crippen LogP contribution in [-0.4, -0.2) is 40.7 Å². The first kappa shape index (κ1) is 22.9. The third-order valence-corrected chi connectivity index (χ3v) is 6.72. The number of fused-ring (bicyclic) bond motifs is 6. The van der Waals surface area contributed by atoms with Gasteiger partial charge in [0.15, 0.2) is 0 Å². The standard InChI is InChI=1S/C23H24F2N4O3S/c1-26-33(2,30)14-15-9-22-28-21-12-18(19(25)13-27-21)17-6-5-16(24)11-20(17)31-7-3-4-8-32-23(10-15)29-22/h5-6,9-13H,3-4,7-8,14H2,1-2H3,(H,27,28,29). The molecule has 174 valence electrons. The summed E-state index contributed by atoms with van der Waals surface area (Å²) >= 11 is 0. The molecule has 0 radical (unpaired) electrons. The van der Waals surface area contributed by atoms with Gasteiger partial charge in [-0.1, -0.05) is 0 Å². The van der Waals surface area contributed by atoms with Crippen LogP contribution in [0.15, 0.2) is 47.0 Å². The normalized spacial score (nSPS) is 15.4. The van der Waals surface area contributed by atoms with Crippen LogP contribution in [0.25, 0.3) is 11.1 Å². The molecule has 33 heavy (non-hydrogen) atoms. The number of aromatic nitrogens is 2. The fraction of sp³-hybridized carbons (Fsp3) is 0.304. The molecule has 4 rings (SSSR count). The molecule has 1 unspecified atom stereocenters. The lowest BCUT2D eigenvalue weighted by atomic mass is 10.0. The Kier molecular flexibility index (Phi) is 6.73. The molecule has 0 fully saturated rings. The third kappa shape index (κ3) is 5.75. The Morgan fingerprint density at radius 2 is 1.85 bits per heavy atom. The van der Waals surface area contributed by atoms with E-state index < -0.39 is 21.4 Å². The van der Waals surface area contributed by atoms with Gasteiger partial charge in [-0.05, 0) is 42.7 Å². The minimum absolute atomic E-state index is 0.214. The van der Waals surface area contributed by atoms with Crippen LogP contribution in [0, 0.1) is 11.6 Å². The SMILES string of the molecule is CN=S(C)(=O)Cc1cc2nc(c1)OCCCCOc1cc(F)ccc1-c1cc(ncc1F)N2. The Morgan fingerprint density at radius 3 is 2.64 bits per heavy atom. The molecule has 3 aromatic rings. The van der Waals surface area contributed by atoms with Crippen molar-refractivity contribution in [1.82, 2.24) is 9.97 Å². The van der Waals surface area contributed by atoms with E-state index >= 15 is 0 Å². The van der Waals surface area contributed by atoms with Crippen molar-refractivity contribution in [2.45, 2.75) is 18.6 Å². The van der Waals surface area contributed by atoms with E-state index in [1.165, 1.54) is 31.3 Å². The van der Waals surface area contributed by atoms with Crippen LogP contribution in [0.5, 0.6) is 11.6 Å². The molecule has 2 aromatic heterocycles. The van der Waals surface area contributed by atoms with Crippen molar-refractivity contribution in [3.05, 3.63) is 59.8 Å². The molecular formula is C23H24F2N4O3S. The zero-order valence-electron chi connectivity index (χ0n) is 18.3. The van der Waals surface area contributed by atoms with E-state index in [1.807, 2.05) is 0 Å². The molecule has 0 saturated heterocycles. The van der Waals surface area contributed by atoms with Crippen molar-refractivity contribution in [2.24, 2.45) is 4.36 Å². The number of hydrogen-bond donors (Lipinski definition) is 1. The highest BCUT2D eigenvalue weighted by atomic mass is 32.2. The minimum atomic E-state index is -2.40. The van der Waals surface area contributed by atoms with Crippen molar-refractivity contribution >= 4 is 21.4 Å². The van der Waals surface area contributed by atoms with Crippen LogP contribution in [0.2, 0.25) is 0 Å². The Hall–Kier alpha value is -3.27. The van der Waals surface area contributed by atoms with Gasteiger partial charge < -0.3 is 14.8 Å². The van der Waals surface area contributed by atoms with E-state index in [0.717, 1.165) is 11.8 Å². The van der Waals surface area contributed by atoms with Gasteiger partial charge in [0, 0.05) is 46.3 Å². The summed E-state index contributed by atoms with van der Waals surface area (Å²) in [4.78, 5) is 8.56. The number of pyridine rings is 2. The second-order valence-corrected chi connectivity index (χ2v) is 10.3. The van der Waals surface area contributed by atoms with Crippen molar-refractivity contribution in [3.8, 4) is 22.8 Å². The Bertz CT molecular complexity index is 1290. The summed E-state index contributed by atoms with van der Waals surface area (Å²) in [5, 5.41) is 3.06. The summed E-state index contributed by atoms with van der Waals surface area (Å²) in [6.07, 6.45) is 3.98. The van der Waals surface area contributed by atoms with Gasteiger partial charge in [-0.15, -0.1) is 0 Å². The molecule has 10 heteroatoms. The van der Waals surface area contributed by atoms with E-state index in [9.17, 15) is 13.0 Å². The highest BCUT2D eigenvalue weighted by Gasteiger charge is 2.16. The van der Waals surface area contributed by atoms with Gasteiger partial charge in [0.2, 0.25) is 5.88 Å². The van der Waals surface area contributed by atoms with Gasteiger partial charge in [-0.25, -0.2) is 22.3 Å². The fourth-order valence-corrected chi connectivity index (χ4v) is 4.31. The highest BCUT2D eigenvalue weighted by molar-refractivity contribution is 7.92. The van der Waals surface area contributed by atoms with Gasteiger partial charge in [-0.3, -0.25) is 0 Å². The first-order valence-corrected chi connectivity index (χ1v) is 12.5. The van der Waals surface area contributed by atoms with Crippen molar-refractivity contribution in [2.75, 3.05) is 31.8 Å². The molecule has 0 amide bonds. The Morgan fingerprint density at radius 1 is 1.06 bits per heavy atom. The molecule has 3 heterocycles. The Labute approximate surface area is 191 Å². The molecular weight excluding hydrogens is 450 g/mol. The lowest BCUT2D eigenvalue weighted by Crippen LogP contribution is -2.07. The smallest absolute Gasteiger partial charge is 0.215 e. The van der Waals surface area contributed by atoms with Crippen molar-refractivity contribution in [3.63, 3.8) is 0 Å². The number of halogens is 2. The maximum absolute atomic E-state index is 14.7. The lowest BCUT2D eigenvalue weighted by molar-refractivity contribution is 0.261. The minimum Gasteiger partial charge on any atom is -0.493 e. The molecule has 1 aromatic carbocycles. The summed E-state index contributed by atoms with van der Waals surface area (Å²) in [6.45, 7) is 0.696. The fourth-order valence-electron chi connectivity index (χ4n) is 3.40. The van der Waals surface area contributed by atoms with Gasteiger partial charge in [0.1, 0.15) is 29.0 Å². The molecule has 4 bridgehead atoms. The quantitative estimate of drug-likeness (QED) is 0.566. The number of rotatable bonds is 2. The molecule has 1 aliphatic heterocycles. The number of anilines is 2. The van der Waals surface area contributed by atoms with Gasteiger partial charge in [0.05, 0.1) is 25.2 Å². The first-order chi connectivity index (χ1) is 15.8. The zero-order valence-corrected chi connectivity index (χ0v) is 19.1. The van der Waals surface area contributed by atoms with E-state index in [2.05, 4.69) is 19.6 Å². The summed E-state index contributed by atoms with van der Waals surface area (Å²) in [5.41, 5.74) is 1.37. The predicted octanol–water partition coefficient (Wildman–Crippen LogP) is 4.94. The van der Waals surface area contributed by atoms with E-state index in [4.69, 9.17) is 9.47 Å². The van der Waals surface area contributed by atoms with Gasteiger partial charge in [0.25, 0.3) is 0 Å². The third-order valence-electron chi connectivity index (χ3n) is 5.07. The highest BCUT2D eigenvalue weighted by Crippen LogP contribution is 2.34. The van der Waals surface area contributed by atoms with Crippen molar-refractivity contribution < 1.29 is 22.5 Å². The van der Waals surface area contributed by atoms with Crippen LogP contribution in [0.1, 0.15) is 18.4 Å². The topological polar surface area (TPSA) is 85.7 Å². The summed E-state index contributed by atoms with van der Waals surface area (Å²) < 4.78 is 56.6. The van der Waals surface area contributed by atoms with Gasteiger partial charge >= 0.3 is 0 Å². The van der Waals surface area contributed by atoms with Gasteiger partial charge in [-0.2, -0.15) is 4.98 Å². The zero-order chi connectivity index (χ0) is 23.4. The number of nitrogens with zero attached hydrogens (tertiary/aromatic N) is 3. The van der Waals surface area contributed by atoms with Crippen molar-refractivity contribution in [1.29, 1.82) is 0 Å². The second-order valence-electron chi connectivity index (χ2n) is 7.70. The van der Waals surface area contributed by atoms with Crippen LogP contribution in [-0.2, 0) is 15.5 Å². The van der Waals surface area contributed by atoms with Crippen LogP contribution in [0.3, 0.4) is 0 Å². The Balaban J connectivity index is 1.78. The van der Waals surface area contributed by atoms with Crippen LogP contribution >= 0.6 is 0 Å². The number of hydrogen-bond acceptors (Lipinski definition) is 7. The van der Waals surface area contributed by atoms with E-state index in [1.54, 1.807) is 18.4 Å². The molecule has 0 aliphatic carbocycles. The maximum atomic E-state index is 14.7. The molecule has 7 nitrogen and oxygen atoms in total. The first-order valence-electron chi connectivity index (χ1n) is 10.4. The van der Waals surface area contributed by atoms with E-state index in [0.29, 0.717) is 49.1 Å². The summed E-state index contributed by atoms with van der Waals surface area (Å²) in [6, 6.07) is 8.96. The molecule has 0 spiro atoms. The number of nitrogens with one attached hydrogen (secondary N) is 1.